The van der Waals surface area contributed by atoms with Crippen LogP contribution in [0.4, 0.5) is 13.2 Å². The summed E-state index contributed by atoms with van der Waals surface area (Å²) < 4.78 is 43.2. The van der Waals surface area contributed by atoms with Gasteiger partial charge < -0.3 is 9.88 Å². The van der Waals surface area contributed by atoms with E-state index in [0.717, 1.165) is 24.1 Å². The molecule has 4 rings (SSSR count). The maximum Gasteiger partial charge on any atom is 0.436 e. The molecule has 1 fully saturated rings. The molecule has 5 nitrogen and oxygen atoms in total. The zero-order valence-corrected chi connectivity index (χ0v) is 18.6. The molecule has 164 valence electrons. The van der Waals surface area contributed by atoms with Crippen molar-refractivity contribution in [3.05, 3.63) is 70.2 Å². The maximum absolute atomic E-state index is 13.3. The monoisotopic (exact) mass is 494 g/mol. The second kappa shape index (κ2) is 8.18. The molecule has 3 aromatic rings. The van der Waals surface area contributed by atoms with Crippen LogP contribution in [0.5, 0.6) is 0 Å². The van der Waals surface area contributed by atoms with Crippen LogP contribution in [0, 0.1) is 0 Å². The van der Waals surface area contributed by atoms with Gasteiger partial charge in [0, 0.05) is 24.0 Å². The van der Waals surface area contributed by atoms with Gasteiger partial charge in [-0.05, 0) is 72.4 Å². The van der Waals surface area contributed by atoms with E-state index in [0.29, 0.717) is 5.69 Å². The molecule has 9 heteroatoms. The lowest BCUT2D eigenvalue weighted by atomic mass is 10.1. The Balaban J connectivity index is 1.51. The highest BCUT2D eigenvalue weighted by atomic mass is 79.9. The third-order valence-corrected chi connectivity index (χ3v) is 6.30. The Labute approximate surface area is 186 Å². The third-order valence-electron chi connectivity index (χ3n) is 5.52. The van der Waals surface area contributed by atoms with Crippen molar-refractivity contribution in [1.29, 1.82) is 0 Å². The van der Waals surface area contributed by atoms with Crippen molar-refractivity contribution in [3.8, 4) is 5.69 Å². The summed E-state index contributed by atoms with van der Waals surface area (Å²) >= 11 is 3.07. The number of hydrogen-bond acceptors (Lipinski definition) is 2. The third kappa shape index (κ3) is 4.42. The normalized spacial score (nSPS) is 16.2. The highest BCUT2D eigenvalue weighted by Gasteiger charge is 2.43. The van der Waals surface area contributed by atoms with Crippen LogP contribution in [-0.2, 0) is 11.0 Å². The first-order chi connectivity index (χ1) is 14.7. The predicted molar refractivity (Wildman–Crippen MR) is 114 cm³/mol. The molecule has 2 atom stereocenters. The SMILES string of the molecule is CC(NC(=O)C(C)n1nc(C(F)(F)F)c(Br)c1C1CC1)c1ccc(-n2cccc2)cc1. The molecule has 1 aliphatic rings. The molecule has 31 heavy (non-hydrogen) atoms. The first-order valence-corrected chi connectivity index (χ1v) is 10.8. The van der Waals surface area contributed by atoms with Crippen LogP contribution >= 0.6 is 15.9 Å². The Morgan fingerprint density at radius 3 is 2.32 bits per heavy atom. The van der Waals surface area contributed by atoms with Crippen molar-refractivity contribution in [2.45, 2.75) is 50.9 Å². The Morgan fingerprint density at radius 1 is 1.16 bits per heavy atom. The summed E-state index contributed by atoms with van der Waals surface area (Å²) in [5, 5.41) is 6.66. The van der Waals surface area contributed by atoms with E-state index >= 15 is 0 Å². The molecule has 0 bridgehead atoms. The quantitative estimate of drug-likeness (QED) is 0.472. The highest BCUT2D eigenvalue weighted by Crippen LogP contribution is 2.47. The van der Waals surface area contributed by atoms with Crippen LogP contribution in [0.1, 0.15) is 61.6 Å². The molecule has 0 radical (unpaired) electrons. The molecule has 0 saturated heterocycles. The lowest BCUT2D eigenvalue weighted by Gasteiger charge is -2.20. The van der Waals surface area contributed by atoms with Crippen molar-refractivity contribution in [3.63, 3.8) is 0 Å². The van der Waals surface area contributed by atoms with E-state index in [2.05, 4.69) is 26.3 Å². The van der Waals surface area contributed by atoms with Crippen LogP contribution in [0.3, 0.4) is 0 Å². The number of nitrogens with one attached hydrogen (secondary N) is 1. The number of aromatic nitrogens is 3. The van der Waals surface area contributed by atoms with Crippen LogP contribution in [0.25, 0.3) is 5.69 Å². The van der Waals surface area contributed by atoms with E-state index in [9.17, 15) is 18.0 Å². The number of nitrogens with zero attached hydrogens (tertiary/aromatic N) is 3. The fourth-order valence-electron chi connectivity index (χ4n) is 3.60. The summed E-state index contributed by atoms with van der Waals surface area (Å²) in [6.07, 6.45) is 0.881. The van der Waals surface area contributed by atoms with Crippen molar-refractivity contribution in [1.82, 2.24) is 19.7 Å². The van der Waals surface area contributed by atoms with E-state index in [1.807, 2.05) is 60.3 Å². The van der Waals surface area contributed by atoms with E-state index in [1.165, 1.54) is 4.68 Å². The van der Waals surface area contributed by atoms with Crippen molar-refractivity contribution in [2.24, 2.45) is 0 Å². The second-order valence-corrected chi connectivity index (χ2v) is 8.65. The van der Waals surface area contributed by atoms with Crippen LogP contribution in [0.15, 0.2) is 53.3 Å². The van der Waals surface area contributed by atoms with Crippen molar-refractivity contribution in [2.75, 3.05) is 0 Å². The Hall–Kier alpha value is -2.55. The molecular formula is C22H22BrF3N4O. The minimum Gasteiger partial charge on any atom is -0.348 e. The predicted octanol–water partition coefficient (Wildman–Crippen LogP) is 5.77. The number of hydrogen-bond donors (Lipinski definition) is 1. The molecule has 0 spiro atoms. The smallest absolute Gasteiger partial charge is 0.348 e. The molecule has 0 aliphatic heterocycles. The van der Waals surface area contributed by atoms with Gasteiger partial charge in [-0.2, -0.15) is 18.3 Å². The first kappa shape index (κ1) is 21.7. The fourth-order valence-corrected chi connectivity index (χ4v) is 4.41. The van der Waals surface area contributed by atoms with Gasteiger partial charge in [0.25, 0.3) is 0 Å². The van der Waals surface area contributed by atoms with Gasteiger partial charge in [0.1, 0.15) is 6.04 Å². The van der Waals surface area contributed by atoms with Gasteiger partial charge in [0.15, 0.2) is 5.69 Å². The van der Waals surface area contributed by atoms with Gasteiger partial charge in [-0.1, -0.05) is 12.1 Å². The van der Waals surface area contributed by atoms with Gasteiger partial charge >= 0.3 is 6.18 Å². The largest absolute Gasteiger partial charge is 0.436 e. The van der Waals surface area contributed by atoms with Crippen LogP contribution < -0.4 is 5.32 Å². The van der Waals surface area contributed by atoms with Gasteiger partial charge in [-0.25, -0.2) is 0 Å². The van der Waals surface area contributed by atoms with Gasteiger partial charge in [-0.15, -0.1) is 0 Å². The Kier molecular flexibility index (Phi) is 5.72. The molecule has 1 aromatic carbocycles. The molecule has 1 N–H and O–H groups in total. The number of halogens is 4. The lowest BCUT2D eigenvalue weighted by molar-refractivity contribution is -0.142. The Bertz CT molecular complexity index is 1070. The zero-order chi connectivity index (χ0) is 22.3. The van der Waals surface area contributed by atoms with E-state index in [-0.39, 0.29) is 22.3 Å². The second-order valence-electron chi connectivity index (χ2n) is 7.85. The van der Waals surface area contributed by atoms with Gasteiger partial charge in [0.05, 0.1) is 16.2 Å². The average Bonchev–Trinajstić information content (AvgIpc) is 3.27. The molecule has 2 unspecified atom stereocenters. The molecule has 2 aromatic heterocycles. The molecule has 1 aliphatic carbocycles. The zero-order valence-electron chi connectivity index (χ0n) is 17.0. The number of alkyl halides is 3. The summed E-state index contributed by atoms with van der Waals surface area (Å²) in [5.41, 5.74) is 1.36. The molecule has 2 heterocycles. The van der Waals surface area contributed by atoms with Gasteiger partial charge in [0.2, 0.25) is 5.91 Å². The van der Waals surface area contributed by atoms with Gasteiger partial charge in [-0.3, -0.25) is 9.48 Å². The highest BCUT2D eigenvalue weighted by molar-refractivity contribution is 9.10. The summed E-state index contributed by atoms with van der Waals surface area (Å²) in [6.45, 7) is 3.42. The standard InChI is InChI=1S/C22H22BrF3N4O/c1-13(15-7-9-17(10-8-15)29-11-3-4-12-29)27-21(31)14(2)30-19(16-5-6-16)18(23)20(28-30)22(24,25)26/h3-4,7-14,16H,5-6H2,1-2H3,(H,27,31). The van der Waals surface area contributed by atoms with E-state index in [1.54, 1.807) is 6.92 Å². The van der Waals surface area contributed by atoms with Crippen LogP contribution in [0.2, 0.25) is 0 Å². The number of amides is 1. The topological polar surface area (TPSA) is 51.9 Å². The van der Waals surface area contributed by atoms with E-state index < -0.39 is 17.9 Å². The van der Waals surface area contributed by atoms with Crippen molar-refractivity contribution >= 4 is 21.8 Å². The summed E-state index contributed by atoms with van der Waals surface area (Å²) in [5.74, 6) is -0.389. The minimum absolute atomic E-state index is 0.00752. The number of rotatable bonds is 6. The number of benzene rings is 1. The summed E-state index contributed by atoms with van der Waals surface area (Å²) in [6, 6.07) is 10.4. The molecule has 1 saturated carbocycles. The Morgan fingerprint density at radius 2 is 1.77 bits per heavy atom. The first-order valence-electron chi connectivity index (χ1n) is 10.1. The minimum atomic E-state index is -4.58. The summed E-state index contributed by atoms with van der Waals surface area (Å²) in [4.78, 5) is 12.9. The van der Waals surface area contributed by atoms with Crippen LogP contribution in [-0.4, -0.2) is 20.3 Å². The fraction of sp³-hybridized carbons (Fsp3) is 0.364. The number of carbonyl (C=O) groups is 1. The number of carbonyl (C=O) groups excluding carboxylic acids is 1. The lowest BCUT2D eigenvalue weighted by Crippen LogP contribution is -2.34. The summed E-state index contributed by atoms with van der Waals surface area (Å²) in [7, 11) is 0. The average molecular weight is 495 g/mol. The molecule has 1 amide bonds. The van der Waals surface area contributed by atoms with E-state index in [4.69, 9.17) is 0 Å². The molecular weight excluding hydrogens is 473 g/mol. The van der Waals surface area contributed by atoms with Crippen molar-refractivity contribution < 1.29 is 18.0 Å². The maximum atomic E-state index is 13.3.